The Morgan fingerprint density at radius 1 is 1.00 bits per heavy atom. The second-order valence-corrected chi connectivity index (χ2v) is 10.9. The number of carbonyl (C=O) groups is 2. The molecule has 8 heteroatoms. The Kier molecular flexibility index (Phi) is 15.2. The van der Waals surface area contributed by atoms with E-state index in [9.17, 15) is 14.7 Å². The summed E-state index contributed by atoms with van der Waals surface area (Å²) in [5, 5.41) is 27.9. The standard InChI is InChI=1S/C16H23NO2.C14H22O4S/c1-2-3-4-6-15(18)13-8-10-14(11-9-13)17-12-5-7-16(17)19;1-2-5-12-7-8-13(19-12)14(17)18-9-4-3-6-11(16)10-15/h8-11,15,18H,2-7,12H2,1H3;7-8,11,15-16H,2-6,9-10H2,1H3/t15-;/m0./s1. The number of aliphatic hydroxyl groups excluding tert-OH is 3. The van der Waals surface area contributed by atoms with Crippen LogP contribution in [0.25, 0.3) is 0 Å². The minimum Gasteiger partial charge on any atom is -0.462 e. The zero-order valence-corrected chi connectivity index (χ0v) is 23.8. The van der Waals surface area contributed by atoms with Crippen LogP contribution in [-0.2, 0) is 16.0 Å². The minimum absolute atomic E-state index is 0.205. The van der Waals surface area contributed by atoms with Crippen molar-refractivity contribution < 1.29 is 29.6 Å². The molecule has 0 saturated carbocycles. The zero-order chi connectivity index (χ0) is 27.8. The lowest BCUT2D eigenvalue weighted by Gasteiger charge is -2.17. The lowest BCUT2D eigenvalue weighted by atomic mass is 10.0. The molecular formula is C30H45NO6S. The molecule has 0 aliphatic carbocycles. The highest BCUT2D eigenvalue weighted by molar-refractivity contribution is 7.13. The van der Waals surface area contributed by atoms with Gasteiger partial charge in [0.1, 0.15) is 4.88 Å². The molecule has 1 amide bonds. The molecule has 1 aromatic heterocycles. The summed E-state index contributed by atoms with van der Waals surface area (Å²) in [6, 6.07) is 11.6. The molecule has 1 unspecified atom stereocenters. The molecular weight excluding hydrogens is 502 g/mol. The summed E-state index contributed by atoms with van der Waals surface area (Å²) in [5.74, 6) is -0.0636. The van der Waals surface area contributed by atoms with Crippen LogP contribution in [0.15, 0.2) is 36.4 Å². The summed E-state index contributed by atoms with van der Waals surface area (Å²) in [4.78, 5) is 27.0. The van der Waals surface area contributed by atoms with Crippen molar-refractivity contribution in [1.29, 1.82) is 0 Å². The average molecular weight is 548 g/mol. The number of aryl methyl sites for hydroxylation is 1. The number of aliphatic hydroxyl groups is 3. The van der Waals surface area contributed by atoms with Crippen LogP contribution in [-0.4, -0.2) is 53.1 Å². The van der Waals surface area contributed by atoms with Crippen molar-refractivity contribution in [2.75, 3.05) is 24.7 Å². The fraction of sp³-hybridized carbons (Fsp3) is 0.600. The van der Waals surface area contributed by atoms with Crippen molar-refractivity contribution >= 4 is 28.9 Å². The largest absolute Gasteiger partial charge is 0.462 e. The van der Waals surface area contributed by atoms with Crippen molar-refractivity contribution in [1.82, 2.24) is 0 Å². The third-order valence-corrected chi connectivity index (χ3v) is 7.60. The quantitative estimate of drug-likeness (QED) is 0.192. The molecule has 2 aromatic rings. The van der Waals surface area contributed by atoms with Crippen LogP contribution in [0.2, 0.25) is 0 Å². The molecule has 0 radical (unpaired) electrons. The molecule has 1 aliphatic heterocycles. The number of unbranched alkanes of at least 4 members (excludes halogenated alkanes) is 3. The lowest BCUT2D eigenvalue weighted by Crippen LogP contribution is -2.23. The van der Waals surface area contributed by atoms with Crippen LogP contribution in [0, 0.1) is 0 Å². The molecule has 2 atom stereocenters. The maximum absolute atomic E-state index is 11.7. The van der Waals surface area contributed by atoms with Gasteiger partial charge in [-0.2, -0.15) is 0 Å². The zero-order valence-electron chi connectivity index (χ0n) is 22.9. The third-order valence-electron chi connectivity index (χ3n) is 6.48. The van der Waals surface area contributed by atoms with Gasteiger partial charge in [-0.15, -0.1) is 11.3 Å². The van der Waals surface area contributed by atoms with Crippen LogP contribution in [0.3, 0.4) is 0 Å². The van der Waals surface area contributed by atoms with Crippen molar-refractivity contribution in [2.45, 2.75) is 96.7 Å². The van der Waals surface area contributed by atoms with E-state index in [-0.39, 0.29) is 24.6 Å². The Labute approximate surface area is 231 Å². The van der Waals surface area contributed by atoms with Crippen molar-refractivity contribution in [3.8, 4) is 0 Å². The normalized spacial score (nSPS) is 14.7. The van der Waals surface area contributed by atoms with Gasteiger partial charge in [0.05, 0.1) is 25.4 Å². The molecule has 3 rings (SSSR count). The minimum atomic E-state index is -0.662. The topological polar surface area (TPSA) is 107 Å². The Bertz CT molecular complexity index is 944. The highest BCUT2D eigenvalue weighted by Crippen LogP contribution is 2.25. The molecule has 3 N–H and O–H groups in total. The van der Waals surface area contributed by atoms with Gasteiger partial charge in [-0.1, -0.05) is 51.7 Å². The van der Waals surface area contributed by atoms with Gasteiger partial charge in [0.25, 0.3) is 0 Å². The van der Waals surface area contributed by atoms with Gasteiger partial charge < -0.3 is 25.0 Å². The van der Waals surface area contributed by atoms with Crippen LogP contribution in [0.5, 0.6) is 0 Å². The number of rotatable bonds is 15. The van der Waals surface area contributed by atoms with Gasteiger partial charge >= 0.3 is 5.97 Å². The predicted octanol–water partition coefficient (Wildman–Crippen LogP) is 5.81. The smallest absolute Gasteiger partial charge is 0.348 e. The summed E-state index contributed by atoms with van der Waals surface area (Å²) in [6.45, 7) is 5.23. The van der Waals surface area contributed by atoms with Gasteiger partial charge in [0, 0.05) is 23.5 Å². The fourth-order valence-corrected chi connectivity index (χ4v) is 5.23. The number of carbonyl (C=O) groups excluding carboxylic acids is 2. The first kappa shape index (κ1) is 32.0. The summed E-state index contributed by atoms with van der Waals surface area (Å²) in [7, 11) is 0. The predicted molar refractivity (Wildman–Crippen MR) is 153 cm³/mol. The molecule has 2 heterocycles. The molecule has 7 nitrogen and oxygen atoms in total. The second kappa shape index (κ2) is 18.1. The highest BCUT2D eigenvalue weighted by Gasteiger charge is 2.21. The van der Waals surface area contributed by atoms with E-state index in [4.69, 9.17) is 14.9 Å². The number of benzene rings is 1. The van der Waals surface area contributed by atoms with Gasteiger partial charge in [0.2, 0.25) is 5.91 Å². The van der Waals surface area contributed by atoms with Crippen molar-refractivity contribution in [2.24, 2.45) is 0 Å². The monoisotopic (exact) mass is 547 g/mol. The van der Waals surface area contributed by atoms with Gasteiger partial charge in [-0.05, 0) is 68.4 Å². The van der Waals surface area contributed by atoms with E-state index in [0.29, 0.717) is 30.7 Å². The Hall–Kier alpha value is -2.26. The number of hydrogen-bond acceptors (Lipinski definition) is 7. The molecule has 1 aromatic carbocycles. The van der Waals surface area contributed by atoms with Crippen LogP contribution >= 0.6 is 11.3 Å². The number of thiophene rings is 1. The molecule has 0 bridgehead atoms. The lowest BCUT2D eigenvalue weighted by molar-refractivity contribution is -0.117. The van der Waals surface area contributed by atoms with Gasteiger partial charge in [0.15, 0.2) is 0 Å². The molecule has 212 valence electrons. The maximum atomic E-state index is 11.7. The SMILES string of the molecule is CCCCC[C@H](O)c1ccc(N2CCCC2=O)cc1.CCCc1ccc(C(=O)OCCCCC(O)CO)s1. The number of amides is 1. The number of ether oxygens (including phenoxy) is 1. The average Bonchev–Trinajstić information content (AvgIpc) is 3.58. The summed E-state index contributed by atoms with van der Waals surface area (Å²) in [6.07, 6.45) is 8.81. The van der Waals surface area contributed by atoms with E-state index in [2.05, 4.69) is 13.8 Å². The second-order valence-electron chi connectivity index (χ2n) is 9.74. The Morgan fingerprint density at radius 2 is 1.74 bits per heavy atom. The third kappa shape index (κ3) is 11.2. The number of nitrogens with zero attached hydrogens (tertiary/aromatic N) is 1. The molecule has 0 spiro atoms. The van der Waals surface area contributed by atoms with E-state index < -0.39 is 6.10 Å². The first-order valence-corrected chi connectivity index (χ1v) is 14.8. The summed E-state index contributed by atoms with van der Waals surface area (Å²) >= 11 is 1.49. The molecule has 38 heavy (non-hydrogen) atoms. The first-order chi connectivity index (χ1) is 18.4. The number of anilines is 1. The fourth-order valence-electron chi connectivity index (χ4n) is 4.23. The van der Waals surface area contributed by atoms with Gasteiger partial charge in [-0.25, -0.2) is 4.79 Å². The van der Waals surface area contributed by atoms with E-state index in [1.807, 2.05) is 41.3 Å². The first-order valence-electron chi connectivity index (χ1n) is 14.0. The molecule has 1 saturated heterocycles. The van der Waals surface area contributed by atoms with Crippen LogP contribution in [0.4, 0.5) is 5.69 Å². The van der Waals surface area contributed by atoms with E-state index >= 15 is 0 Å². The van der Waals surface area contributed by atoms with E-state index in [0.717, 1.165) is 62.7 Å². The molecule has 1 fully saturated rings. The Morgan fingerprint density at radius 3 is 2.37 bits per heavy atom. The van der Waals surface area contributed by atoms with Gasteiger partial charge in [-0.3, -0.25) is 4.79 Å². The maximum Gasteiger partial charge on any atom is 0.348 e. The Balaban J connectivity index is 0.000000267. The van der Waals surface area contributed by atoms with Crippen molar-refractivity contribution in [3.05, 3.63) is 51.7 Å². The van der Waals surface area contributed by atoms with Crippen LogP contribution < -0.4 is 4.90 Å². The number of esters is 1. The summed E-state index contributed by atoms with van der Waals surface area (Å²) in [5.41, 5.74) is 1.90. The summed E-state index contributed by atoms with van der Waals surface area (Å²) < 4.78 is 5.16. The number of hydrogen-bond donors (Lipinski definition) is 3. The van der Waals surface area contributed by atoms with Crippen molar-refractivity contribution in [3.63, 3.8) is 0 Å². The molecule has 1 aliphatic rings. The van der Waals surface area contributed by atoms with E-state index in [1.165, 1.54) is 22.6 Å². The van der Waals surface area contributed by atoms with E-state index in [1.54, 1.807) is 0 Å². The van der Waals surface area contributed by atoms with Crippen LogP contribution in [0.1, 0.15) is 104 Å². The highest BCUT2D eigenvalue weighted by atomic mass is 32.1.